The van der Waals surface area contributed by atoms with E-state index in [4.69, 9.17) is 4.28 Å². The molecule has 8 heteroatoms. The predicted octanol–water partition coefficient (Wildman–Crippen LogP) is 4.02. The number of benzene rings is 1. The van der Waals surface area contributed by atoms with Crippen molar-refractivity contribution in [3.63, 3.8) is 0 Å². The van der Waals surface area contributed by atoms with Gasteiger partial charge < -0.3 is 14.2 Å². The van der Waals surface area contributed by atoms with Crippen LogP contribution in [0.5, 0.6) is 0 Å². The van der Waals surface area contributed by atoms with E-state index in [0.29, 0.717) is 11.6 Å². The van der Waals surface area contributed by atoms with Gasteiger partial charge in [0.2, 0.25) is 0 Å². The average Bonchev–Trinajstić information content (AvgIpc) is 3.43. The van der Waals surface area contributed by atoms with E-state index in [9.17, 15) is 13.9 Å². The smallest absolute Gasteiger partial charge is 0.122 e. The topological polar surface area (TPSA) is 90.7 Å². The lowest BCUT2D eigenvalue weighted by Gasteiger charge is -2.47. The second-order valence-corrected chi connectivity index (χ2v) is 9.18. The highest BCUT2D eigenvalue weighted by Crippen LogP contribution is 2.50. The molecule has 0 bridgehead atoms. The van der Waals surface area contributed by atoms with E-state index >= 15 is 0 Å². The highest BCUT2D eigenvalue weighted by molar-refractivity contribution is 7.74. The summed E-state index contributed by atoms with van der Waals surface area (Å²) in [5.74, 6) is 1.17. The van der Waals surface area contributed by atoms with Gasteiger partial charge in [-0.3, -0.25) is 0 Å². The van der Waals surface area contributed by atoms with E-state index in [0.717, 1.165) is 56.3 Å². The molecule has 0 saturated heterocycles. The third kappa shape index (κ3) is 5.09. The maximum atomic E-state index is 11.5. The van der Waals surface area contributed by atoms with Crippen molar-refractivity contribution in [2.75, 3.05) is 7.05 Å². The number of rotatable bonds is 11. The van der Waals surface area contributed by atoms with E-state index in [-0.39, 0.29) is 6.61 Å². The number of likely N-dealkylation sites (N-methyl/N-ethyl adjacent to an activating group) is 1. The number of imidazole rings is 1. The summed E-state index contributed by atoms with van der Waals surface area (Å²) in [6, 6.07) is 10.2. The number of nitrogens with zero attached hydrogens (tertiary/aromatic N) is 3. The molecule has 31 heavy (non-hydrogen) atoms. The molecule has 1 fully saturated rings. The van der Waals surface area contributed by atoms with Gasteiger partial charge >= 0.3 is 0 Å². The lowest BCUT2D eigenvalue weighted by atomic mass is 9.68. The first kappa shape index (κ1) is 24.1. The molecule has 172 valence electrons. The van der Waals surface area contributed by atoms with Gasteiger partial charge in [0.05, 0.1) is 18.5 Å². The highest BCUT2D eigenvalue weighted by atomic mass is 32.2. The van der Waals surface area contributed by atoms with Gasteiger partial charge in [-0.15, -0.1) is 0 Å². The van der Waals surface area contributed by atoms with Crippen LogP contribution < -0.4 is 0 Å². The Morgan fingerprint density at radius 2 is 2.03 bits per heavy atom. The number of hydroxylamine groups is 2. The van der Waals surface area contributed by atoms with Crippen LogP contribution in [0.4, 0.5) is 0 Å². The molecule has 7 nitrogen and oxygen atoms in total. The quantitative estimate of drug-likeness (QED) is 0.412. The van der Waals surface area contributed by atoms with E-state index in [1.54, 1.807) is 13.2 Å². The van der Waals surface area contributed by atoms with E-state index < -0.39 is 22.9 Å². The van der Waals surface area contributed by atoms with Gasteiger partial charge in [-0.2, -0.15) is 5.06 Å². The van der Waals surface area contributed by atoms with Crippen LogP contribution in [0.15, 0.2) is 36.5 Å². The fourth-order valence-electron chi connectivity index (χ4n) is 5.24. The molecule has 0 spiro atoms. The molecular formula is C23H34N3O4S-. The van der Waals surface area contributed by atoms with Gasteiger partial charge in [-0.1, -0.05) is 63.4 Å². The largest absolute Gasteiger partial charge is 0.748 e. The third-order valence-corrected chi connectivity index (χ3v) is 7.13. The lowest BCUT2D eigenvalue weighted by Crippen LogP contribution is -2.49. The number of unbranched alkanes of at least 4 members (excludes halogenated alkanes) is 1. The average molecular weight is 449 g/mol. The number of aromatic nitrogens is 2. The molecule has 1 N–H and O–H groups in total. The minimum Gasteiger partial charge on any atom is -0.748 e. The molecule has 0 amide bonds. The van der Waals surface area contributed by atoms with E-state index in [1.807, 2.05) is 22.8 Å². The molecule has 1 aromatic heterocycles. The standard InChI is InChI=1S/C23H35N3O4S/c1-4-5-15-21-24-16-20(17-27)26(21)22(25(3)30-31(28)29)23(2,19-13-9-10-14-19)18-11-7-6-8-12-18/h6-8,11-12,16,19,22,27H,4-5,9-10,13-15,17H2,1-3H3,(H,28,29)/p-1. The number of hydrogen-bond donors (Lipinski definition) is 1. The van der Waals surface area contributed by atoms with Crippen LogP contribution in [-0.4, -0.2) is 35.5 Å². The second kappa shape index (κ2) is 10.8. The Kier molecular flexibility index (Phi) is 8.41. The van der Waals surface area contributed by atoms with Crippen molar-refractivity contribution >= 4 is 11.4 Å². The van der Waals surface area contributed by atoms with Crippen LogP contribution in [0.2, 0.25) is 0 Å². The summed E-state index contributed by atoms with van der Waals surface area (Å²) < 4.78 is 30.3. The van der Waals surface area contributed by atoms with Crippen LogP contribution >= 0.6 is 0 Å². The van der Waals surface area contributed by atoms with Crippen molar-refractivity contribution in [1.82, 2.24) is 14.6 Å². The van der Waals surface area contributed by atoms with Crippen molar-refractivity contribution in [2.24, 2.45) is 5.92 Å². The summed E-state index contributed by atoms with van der Waals surface area (Å²) >= 11 is -2.71. The zero-order valence-electron chi connectivity index (χ0n) is 18.7. The first-order valence-electron chi connectivity index (χ1n) is 11.1. The summed E-state index contributed by atoms with van der Waals surface area (Å²) in [6.45, 7) is 4.14. The highest BCUT2D eigenvalue weighted by Gasteiger charge is 2.48. The zero-order valence-corrected chi connectivity index (χ0v) is 19.5. The summed E-state index contributed by atoms with van der Waals surface area (Å²) in [5.41, 5.74) is 1.32. The van der Waals surface area contributed by atoms with Crippen LogP contribution in [-0.2, 0) is 34.1 Å². The molecular weight excluding hydrogens is 414 g/mol. The van der Waals surface area contributed by atoms with E-state index in [1.165, 1.54) is 5.06 Å². The monoisotopic (exact) mass is 448 g/mol. The molecule has 1 aliphatic rings. The Balaban J connectivity index is 2.22. The maximum Gasteiger partial charge on any atom is 0.122 e. The summed E-state index contributed by atoms with van der Waals surface area (Å²) in [7, 11) is 1.65. The molecule has 2 aromatic rings. The van der Waals surface area contributed by atoms with Crippen molar-refractivity contribution in [2.45, 2.75) is 77.0 Å². The molecule has 0 radical (unpaired) electrons. The second-order valence-electron chi connectivity index (χ2n) is 8.63. The molecule has 1 heterocycles. The SMILES string of the molecule is CCCCc1ncc(CO)n1C(N(C)OS(=O)[O-])C(C)(c1ccccc1)C1CCCC1. The van der Waals surface area contributed by atoms with Crippen molar-refractivity contribution in [3.8, 4) is 0 Å². The Labute approximate surface area is 187 Å². The molecule has 3 rings (SSSR count). The minimum atomic E-state index is -2.71. The summed E-state index contributed by atoms with van der Waals surface area (Å²) in [4.78, 5) is 4.61. The number of hydrogen-bond acceptors (Lipinski definition) is 6. The molecule has 1 aliphatic carbocycles. The van der Waals surface area contributed by atoms with Crippen LogP contribution in [0, 0.1) is 5.92 Å². The molecule has 1 saturated carbocycles. The van der Waals surface area contributed by atoms with E-state index in [2.05, 4.69) is 31.0 Å². The fourth-order valence-corrected chi connectivity index (χ4v) is 5.51. The maximum absolute atomic E-state index is 11.5. The van der Waals surface area contributed by atoms with Gasteiger partial charge in [0.25, 0.3) is 0 Å². The van der Waals surface area contributed by atoms with Gasteiger partial charge in [-0.05, 0) is 30.7 Å². The van der Waals surface area contributed by atoms with Crippen molar-refractivity contribution < 1.29 is 18.2 Å². The lowest BCUT2D eigenvalue weighted by molar-refractivity contribution is -0.132. The molecule has 3 atom stereocenters. The van der Waals surface area contributed by atoms with Crippen LogP contribution in [0.1, 0.15) is 75.6 Å². The number of aryl methyl sites for hydroxylation is 1. The Morgan fingerprint density at radius 1 is 1.35 bits per heavy atom. The van der Waals surface area contributed by atoms with Crippen LogP contribution in [0.25, 0.3) is 0 Å². The fraction of sp³-hybridized carbons (Fsp3) is 0.609. The molecule has 3 unspecified atom stereocenters. The summed E-state index contributed by atoms with van der Waals surface area (Å²) in [5, 5.41) is 11.6. The predicted molar refractivity (Wildman–Crippen MR) is 119 cm³/mol. The zero-order chi connectivity index (χ0) is 22.4. The van der Waals surface area contributed by atoms with Crippen LogP contribution in [0.3, 0.4) is 0 Å². The van der Waals surface area contributed by atoms with Gasteiger partial charge in [0, 0.05) is 18.9 Å². The number of aliphatic hydroxyl groups excluding tert-OH is 1. The van der Waals surface area contributed by atoms with Gasteiger partial charge in [0.15, 0.2) is 0 Å². The normalized spacial score (nSPS) is 18.9. The minimum absolute atomic E-state index is 0.181. The first-order chi connectivity index (χ1) is 14.9. The van der Waals surface area contributed by atoms with Crippen molar-refractivity contribution in [1.29, 1.82) is 0 Å². The Morgan fingerprint density at radius 3 is 2.61 bits per heavy atom. The molecule has 0 aliphatic heterocycles. The molecule has 1 aromatic carbocycles. The first-order valence-corrected chi connectivity index (χ1v) is 12.1. The Hall–Kier alpha value is -1.58. The third-order valence-electron chi connectivity index (χ3n) is 6.77. The Bertz CT molecular complexity index is 854. The van der Waals surface area contributed by atoms with Gasteiger partial charge in [-0.25, -0.2) is 13.5 Å². The van der Waals surface area contributed by atoms with Gasteiger partial charge in [0.1, 0.15) is 23.4 Å². The van der Waals surface area contributed by atoms with Crippen molar-refractivity contribution in [3.05, 3.63) is 53.6 Å². The summed E-state index contributed by atoms with van der Waals surface area (Å²) in [6.07, 6.45) is 8.34. The number of aliphatic hydroxyl groups is 1.